The zero-order valence-electron chi connectivity index (χ0n) is 19.0. The second kappa shape index (κ2) is 10.2. The molecular formula is C25H36N4O2. The van der Waals surface area contributed by atoms with Crippen molar-refractivity contribution in [1.29, 1.82) is 0 Å². The van der Waals surface area contributed by atoms with Crippen molar-refractivity contribution in [3.05, 3.63) is 65.2 Å². The van der Waals surface area contributed by atoms with E-state index in [0.29, 0.717) is 26.2 Å². The van der Waals surface area contributed by atoms with Crippen LogP contribution in [0.4, 0.5) is 10.5 Å². The predicted octanol–water partition coefficient (Wildman–Crippen LogP) is 3.49. The smallest absolute Gasteiger partial charge is 0.410 e. The summed E-state index contributed by atoms with van der Waals surface area (Å²) in [5, 5.41) is 0. The van der Waals surface area contributed by atoms with E-state index in [1.165, 1.54) is 11.1 Å². The third kappa shape index (κ3) is 6.21. The van der Waals surface area contributed by atoms with Crippen molar-refractivity contribution in [2.24, 2.45) is 11.5 Å². The zero-order chi connectivity index (χ0) is 22.4. The number of rotatable bonds is 6. The minimum Gasteiger partial charge on any atom is -0.444 e. The van der Waals surface area contributed by atoms with Crippen LogP contribution in [-0.4, -0.2) is 49.3 Å². The van der Waals surface area contributed by atoms with Crippen LogP contribution >= 0.6 is 0 Å². The number of nitrogens with two attached hydrogens (primary N) is 2. The lowest BCUT2D eigenvalue weighted by atomic mass is 9.99. The van der Waals surface area contributed by atoms with Gasteiger partial charge in [-0.2, -0.15) is 0 Å². The molecule has 6 nitrogen and oxygen atoms in total. The average Bonchev–Trinajstić information content (AvgIpc) is 2.74. The SMILES string of the molecule is CC(C)(C)OC(=O)N1CCN(c2ccc(CCN)cc2)CC1c1ccc(CCN)cc1. The number of ether oxygens (including phenoxy) is 1. The Morgan fingerprint density at radius 2 is 1.48 bits per heavy atom. The molecule has 0 radical (unpaired) electrons. The number of hydrogen-bond donors (Lipinski definition) is 2. The Morgan fingerprint density at radius 1 is 0.935 bits per heavy atom. The Kier molecular flexibility index (Phi) is 7.57. The highest BCUT2D eigenvalue weighted by atomic mass is 16.6. The van der Waals surface area contributed by atoms with Crippen LogP contribution in [0.5, 0.6) is 0 Å². The molecule has 0 saturated carbocycles. The molecule has 1 atom stereocenters. The average molecular weight is 425 g/mol. The molecule has 2 aromatic carbocycles. The van der Waals surface area contributed by atoms with Crippen LogP contribution in [0.25, 0.3) is 0 Å². The Balaban J connectivity index is 1.83. The molecular weight excluding hydrogens is 388 g/mol. The first-order valence-corrected chi connectivity index (χ1v) is 11.1. The largest absolute Gasteiger partial charge is 0.444 e. The van der Waals surface area contributed by atoms with Crippen LogP contribution in [0.15, 0.2) is 48.5 Å². The van der Waals surface area contributed by atoms with E-state index in [-0.39, 0.29) is 12.1 Å². The Hall–Kier alpha value is -2.57. The number of carbonyl (C=O) groups is 1. The lowest BCUT2D eigenvalue weighted by Gasteiger charge is -2.43. The highest BCUT2D eigenvalue weighted by molar-refractivity contribution is 5.69. The Morgan fingerprint density at radius 3 is 2.00 bits per heavy atom. The lowest BCUT2D eigenvalue weighted by Crippen LogP contribution is -2.52. The van der Waals surface area contributed by atoms with Gasteiger partial charge in [-0.1, -0.05) is 36.4 Å². The van der Waals surface area contributed by atoms with Gasteiger partial charge in [0.1, 0.15) is 5.60 Å². The fraction of sp³-hybridized carbons (Fsp3) is 0.480. The highest BCUT2D eigenvalue weighted by Crippen LogP contribution is 2.30. The quantitative estimate of drug-likeness (QED) is 0.742. The van der Waals surface area contributed by atoms with Gasteiger partial charge >= 0.3 is 6.09 Å². The van der Waals surface area contributed by atoms with Crippen molar-refractivity contribution in [2.75, 3.05) is 37.6 Å². The minimum absolute atomic E-state index is 0.0840. The van der Waals surface area contributed by atoms with Gasteiger partial charge < -0.3 is 21.1 Å². The van der Waals surface area contributed by atoms with Crippen LogP contribution in [0.1, 0.15) is 43.5 Å². The molecule has 1 aliphatic rings. The highest BCUT2D eigenvalue weighted by Gasteiger charge is 2.34. The molecule has 0 aromatic heterocycles. The molecule has 1 aliphatic heterocycles. The van der Waals surface area contributed by atoms with Gasteiger partial charge in [0.2, 0.25) is 0 Å². The summed E-state index contributed by atoms with van der Waals surface area (Å²) in [4.78, 5) is 17.2. The van der Waals surface area contributed by atoms with Gasteiger partial charge in [0.25, 0.3) is 0 Å². The number of nitrogens with zero attached hydrogens (tertiary/aromatic N) is 2. The third-order valence-electron chi connectivity index (χ3n) is 5.54. The van der Waals surface area contributed by atoms with E-state index >= 15 is 0 Å². The fourth-order valence-corrected chi connectivity index (χ4v) is 3.96. The number of hydrogen-bond acceptors (Lipinski definition) is 5. The maximum atomic E-state index is 13.0. The van der Waals surface area contributed by atoms with E-state index in [4.69, 9.17) is 16.2 Å². The molecule has 1 fully saturated rings. The second-order valence-electron chi connectivity index (χ2n) is 9.12. The molecule has 31 heavy (non-hydrogen) atoms. The summed E-state index contributed by atoms with van der Waals surface area (Å²) in [6.45, 7) is 9.07. The predicted molar refractivity (Wildman–Crippen MR) is 126 cm³/mol. The molecule has 1 saturated heterocycles. The maximum absolute atomic E-state index is 13.0. The van der Waals surface area contributed by atoms with E-state index in [9.17, 15) is 4.79 Å². The van der Waals surface area contributed by atoms with Crippen molar-refractivity contribution in [1.82, 2.24) is 4.90 Å². The van der Waals surface area contributed by atoms with Crippen molar-refractivity contribution < 1.29 is 9.53 Å². The molecule has 2 aromatic rings. The molecule has 6 heteroatoms. The van der Waals surface area contributed by atoms with Gasteiger partial charge in [0.15, 0.2) is 0 Å². The van der Waals surface area contributed by atoms with Gasteiger partial charge in [-0.3, -0.25) is 4.90 Å². The van der Waals surface area contributed by atoms with E-state index in [2.05, 4.69) is 53.4 Å². The van der Waals surface area contributed by atoms with E-state index in [1.54, 1.807) is 0 Å². The summed E-state index contributed by atoms with van der Waals surface area (Å²) in [5.41, 5.74) is 15.6. The lowest BCUT2D eigenvalue weighted by molar-refractivity contribution is 0.0137. The summed E-state index contributed by atoms with van der Waals surface area (Å²) in [6, 6.07) is 16.9. The van der Waals surface area contributed by atoms with Crippen LogP contribution in [0.2, 0.25) is 0 Å². The molecule has 4 N–H and O–H groups in total. The molecule has 1 unspecified atom stereocenters. The van der Waals surface area contributed by atoms with E-state index < -0.39 is 5.60 Å². The summed E-state index contributed by atoms with van der Waals surface area (Å²) in [5.74, 6) is 0. The number of piperazine rings is 1. The van der Waals surface area contributed by atoms with E-state index in [1.807, 2.05) is 25.7 Å². The van der Waals surface area contributed by atoms with E-state index in [0.717, 1.165) is 30.6 Å². The van der Waals surface area contributed by atoms with Crippen molar-refractivity contribution in [3.63, 3.8) is 0 Å². The Labute approximate surface area is 186 Å². The normalized spacial score (nSPS) is 17.0. The summed E-state index contributed by atoms with van der Waals surface area (Å²) in [6.07, 6.45) is 1.47. The summed E-state index contributed by atoms with van der Waals surface area (Å²) >= 11 is 0. The van der Waals surface area contributed by atoms with Crippen LogP contribution in [0.3, 0.4) is 0 Å². The number of anilines is 1. The summed E-state index contributed by atoms with van der Waals surface area (Å²) < 4.78 is 5.71. The van der Waals surface area contributed by atoms with Gasteiger partial charge in [-0.15, -0.1) is 0 Å². The van der Waals surface area contributed by atoms with Gasteiger partial charge in [0.05, 0.1) is 6.04 Å². The van der Waals surface area contributed by atoms with Gasteiger partial charge in [0, 0.05) is 25.3 Å². The van der Waals surface area contributed by atoms with Crippen LogP contribution < -0.4 is 16.4 Å². The molecule has 168 valence electrons. The van der Waals surface area contributed by atoms with Crippen molar-refractivity contribution >= 4 is 11.8 Å². The molecule has 0 bridgehead atoms. The van der Waals surface area contributed by atoms with Crippen molar-refractivity contribution in [3.8, 4) is 0 Å². The number of benzene rings is 2. The monoisotopic (exact) mass is 424 g/mol. The first kappa shape index (κ1) is 23.1. The third-order valence-corrected chi connectivity index (χ3v) is 5.54. The first-order chi connectivity index (χ1) is 14.8. The molecule has 1 heterocycles. The molecule has 1 amide bonds. The standard InChI is InChI=1S/C25H36N4O2/c1-25(2,3)31-24(30)29-17-16-28(22-10-6-20(7-11-22)13-15-27)18-23(29)21-8-4-19(5-9-21)12-14-26/h4-11,23H,12-18,26-27H2,1-3H3. The topological polar surface area (TPSA) is 84.8 Å². The van der Waals surface area contributed by atoms with Gasteiger partial charge in [-0.05, 0) is 75.5 Å². The second-order valence-corrected chi connectivity index (χ2v) is 9.12. The first-order valence-electron chi connectivity index (χ1n) is 11.1. The molecule has 3 rings (SSSR count). The number of carbonyl (C=O) groups excluding carboxylic acids is 1. The molecule has 0 spiro atoms. The van der Waals surface area contributed by atoms with Crippen molar-refractivity contribution in [2.45, 2.75) is 45.3 Å². The number of amides is 1. The Bertz CT molecular complexity index is 843. The van der Waals surface area contributed by atoms with Crippen LogP contribution in [0, 0.1) is 0 Å². The zero-order valence-corrected chi connectivity index (χ0v) is 19.0. The summed E-state index contributed by atoms with van der Waals surface area (Å²) in [7, 11) is 0. The van der Waals surface area contributed by atoms with Crippen LogP contribution in [-0.2, 0) is 17.6 Å². The maximum Gasteiger partial charge on any atom is 0.410 e. The van der Waals surface area contributed by atoms with Gasteiger partial charge in [-0.25, -0.2) is 4.79 Å². The minimum atomic E-state index is -0.525. The molecule has 0 aliphatic carbocycles. The fourth-order valence-electron chi connectivity index (χ4n) is 3.96.